The van der Waals surface area contributed by atoms with Gasteiger partial charge < -0.3 is 10.6 Å². The van der Waals surface area contributed by atoms with Gasteiger partial charge in [-0.05, 0) is 30.7 Å². The lowest BCUT2D eigenvalue weighted by atomic mass is 9.90. The highest BCUT2D eigenvalue weighted by molar-refractivity contribution is 6.28. The van der Waals surface area contributed by atoms with Crippen molar-refractivity contribution in [2.24, 2.45) is 0 Å². The number of ketones is 2. The number of non-ortho nitro benzene ring substituents is 1. The zero-order valence-corrected chi connectivity index (χ0v) is 16.0. The van der Waals surface area contributed by atoms with Crippen molar-refractivity contribution in [3.05, 3.63) is 111 Å². The number of hydrogen-bond acceptors (Lipinski definition) is 6. The molecule has 4 rings (SSSR count). The first kappa shape index (κ1) is 19.1. The summed E-state index contributed by atoms with van der Waals surface area (Å²) < 4.78 is 0. The highest BCUT2D eigenvalue weighted by Gasteiger charge is 2.32. The number of hydrogen-bond donors (Lipinski definition) is 2. The summed E-state index contributed by atoms with van der Waals surface area (Å²) in [5.41, 5.74) is 2.27. The molecule has 3 aromatic rings. The first-order chi connectivity index (χ1) is 14.4. The van der Waals surface area contributed by atoms with Crippen molar-refractivity contribution in [3.63, 3.8) is 0 Å². The van der Waals surface area contributed by atoms with Gasteiger partial charge in [-0.25, -0.2) is 0 Å². The van der Waals surface area contributed by atoms with E-state index in [0.29, 0.717) is 22.5 Å². The average molecular weight is 399 g/mol. The minimum Gasteiger partial charge on any atom is -0.350 e. The first-order valence-corrected chi connectivity index (χ1v) is 9.22. The first-order valence-electron chi connectivity index (χ1n) is 9.22. The van der Waals surface area contributed by atoms with Crippen molar-refractivity contribution in [3.8, 4) is 0 Å². The molecular formula is C23H17N3O4. The number of nitrogens with zero attached hydrogens (tertiary/aromatic N) is 1. The Morgan fingerprint density at radius 1 is 0.733 bits per heavy atom. The Bertz CT molecular complexity index is 1220. The summed E-state index contributed by atoms with van der Waals surface area (Å²) in [6.45, 7) is 1.72. The van der Waals surface area contributed by atoms with Gasteiger partial charge in [0.15, 0.2) is 0 Å². The molecule has 3 aromatic carbocycles. The molecule has 148 valence electrons. The van der Waals surface area contributed by atoms with Gasteiger partial charge in [-0.1, -0.05) is 42.5 Å². The molecule has 0 radical (unpaired) electrons. The number of para-hydroxylation sites is 1. The number of carbonyl (C=O) groups is 2. The number of fused-ring (bicyclic) bond motifs is 1. The van der Waals surface area contributed by atoms with E-state index >= 15 is 0 Å². The van der Waals surface area contributed by atoms with Crippen molar-refractivity contribution in [2.75, 3.05) is 10.6 Å². The Hall–Kier alpha value is -4.26. The minimum absolute atomic E-state index is 0.0439. The van der Waals surface area contributed by atoms with Crippen LogP contribution in [0, 0.1) is 17.0 Å². The van der Waals surface area contributed by atoms with E-state index in [-0.39, 0.29) is 34.2 Å². The second-order valence-corrected chi connectivity index (χ2v) is 6.88. The molecule has 0 fully saturated rings. The lowest BCUT2D eigenvalue weighted by molar-refractivity contribution is -0.384. The number of benzene rings is 3. The van der Waals surface area contributed by atoms with Gasteiger partial charge in [0.1, 0.15) is 11.4 Å². The van der Waals surface area contributed by atoms with Gasteiger partial charge in [-0.2, -0.15) is 0 Å². The molecule has 0 spiro atoms. The maximum absolute atomic E-state index is 13.2. The number of rotatable bonds is 5. The van der Waals surface area contributed by atoms with Gasteiger partial charge in [-0.3, -0.25) is 19.7 Å². The third kappa shape index (κ3) is 3.56. The molecule has 0 atom stereocenters. The molecule has 2 N–H and O–H groups in total. The van der Waals surface area contributed by atoms with Crippen LogP contribution in [-0.2, 0) is 0 Å². The van der Waals surface area contributed by atoms with Crippen LogP contribution >= 0.6 is 0 Å². The number of Topliss-reactive ketones (excluding diaryl/α,β-unsaturated/α-hetero) is 2. The molecule has 0 heterocycles. The van der Waals surface area contributed by atoms with Gasteiger partial charge in [0.2, 0.25) is 11.6 Å². The third-order valence-corrected chi connectivity index (χ3v) is 4.71. The number of nitro groups is 1. The van der Waals surface area contributed by atoms with Crippen molar-refractivity contribution in [2.45, 2.75) is 6.92 Å². The number of nitrogens with one attached hydrogen (secondary N) is 2. The summed E-state index contributed by atoms with van der Waals surface area (Å²) in [7, 11) is 0. The highest BCUT2D eigenvalue weighted by Crippen LogP contribution is 2.30. The van der Waals surface area contributed by atoms with E-state index < -0.39 is 4.92 Å². The molecule has 1 aliphatic rings. The molecule has 0 unspecified atom stereocenters. The van der Waals surface area contributed by atoms with Crippen LogP contribution in [0.1, 0.15) is 26.3 Å². The second kappa shape index (κ2) is 7.63. The third-order valence-electron chi connectivity index (χ3n) is 4.71. The summed E-state index contributed by atoms with van der Waals surface area (Å²) in [6.07, 6.45) is 0. The van der Waals surface area contributed by atoms with Crippen molar-refractivity contribution in [1.29, 1.82) is 0 Å². The van der Waals surface area contributed by atoms with Gasteiger partial charge >= 0.3 is 0 Å². The van der Waals surface area contributed by atoms with Crippen LogP contribution < -0.4 is 10.6 Å². The SMILES string of the molecule is Cc1cc(NC2=C(Nc3ccccc3)C(=O)c3ccccc3C2=O)cc([N+](=O)[O-])c1. The van der Waals surface area contributed by atoms with Crippen LogP contribution in [-0.4, -0.2) is 16.5 Å². The van der Waals surface area contributed by atoms with Crippen LogP contribution in [0.5, 0.6) is 0 Å². The van der Waals surface area contributed by atoms with Gasteiger partial charge in [-0.15, -0.1) is 0 Å². The maximum atomic E-state index is 13.2. The van der Waals surface area contributed by atoms with Gasteiger partial charge in [0, 0.05) is 34.6 Å². The maximum Gasteiger partial charge on any atom is 0.271 e. The Labute approximate surface area is 172 Å². The topological polar surface area (TPSA) is 101 Å². The molecule has 0 amide bonds. The van der Waals surface area contributed by atoms with Crippen LogP contribution in [0.3, 0.4) is 0 Å². The lowest BCUT2D eigenvalue weighted by Gasteiger charge is -2.23. The fourth-order valence-electron chi connectivity index (χ4n) is 3.36. The van der Waals surface area contributed by atoms with Crippen LogP contribution in [0.4, 0.5) is 17.1 Å². The summed E-state index contributed by atoms with van der Waals surface area (Å²) in [5, 5.41) is 17.2. The standard InChI is InChI=1S/C23H17N3O4/c1-14-11-16(13-17(12-14)26(29)30)25-21-20(24-15-7-3-2-4-8-15)22(27)18-9-5-6-10-19(18)23(21)28/h2-13,24-25H,1H3. The molecule has 0 saturated carbocycles. The largest absolute Gasteiger partial charge is 0.350 e. The monoisotopic (exact) mass is 399 g/mol. The number of allylic oxidation sites excluding steroid dienone is 2. The molecule has 7 nitrogen and oxygen atoms in total. The molecule has 30 heavy (non-hydrogen) atoms. The van der Waals surface area contributed by atoms with Crippen molar-refractivity contribution < 1.29 is 14.5 Å². The molecule has 0 bridgehead atoms. The van der Waals surface area contributed by atoms with Crippen LogP contribution in [0.25, 0.3) is 0 Å². The number of carbonyl (C=O) groups excluding carboxylic acids is 2. The highest BCUT2D eigenvalue weighted by atomic mass is 16.6. The zero-order chi connectivity index (χ0) is 21.3. The summed E-state index contributed by atoms with van der Waals surface area (Å²) in [4.78, 5) is 37.1. The quantitative estimate of drug-likeness (QED) is 0.476. The molecule has 0 saturated heterocycles. The average Bonchev–Trinajstić information content (AvgIpc) is 2.74. The minimum atomic E-state index is -0.501. The van der Waals surface area contributed by atoms with E-state index in [2.05, 4.69) is 10.6 Å². The Morgan fingerprint density at radius 2 is 1.27 bits per heavy atom. The fraction of sp³-hybridized carbons (Fsp3) is 0.0435. The van der Waals surface area contributed by atoms with E-state index in [4.69, 9.17) is 0 Å². The van der Waals surface area contributed by atoms with Crippen LogP contribution in [0.2, 0.25) is 0 Å². The van der Waals surface area contributed by atoms with Crippen molar-refractivity contribution >= 4 is 28.6 Å². The predicted molar refractivity (Wildman–Crippen MR) is 114 cm³/mol. The second-order valence-electron chi connectivity index (χ2n) is 6.88. The molecule has 0 aliphatic heterocycles. The Kier molecular flexibility index (Phi) is 4.85. The van der Waals surface area contributed by atoms with E-state index in [1.165, 1.54) is 12.1 Å². The Morgan fingerprint density at radius 3 is 1.83 bits per heavy atom. The number of aryl methyl sites for hydroxylation is 1. The normalized spacial score (nSPS) is 13.1. The van der Waals surface area contributed by atoms with Gasteiger partial charge in [0.25, 0.3) is 5.69 Å². The molecular weight excluding hydrogens is 382 g/mol. The smallest absolute Gasteiger partial charge is 0.271 e. The van der Waals surface area contributed by atoms with E-state index in [0.717, 1.165) is 0 Å². The fourth-order valence-corrected chi connectivity index (χ4v) is 3.36. The van der Waals surface area contributed by atoms with E-state index in [1.807, 2.05) is 18.2 Å². The lowest BCUT2D eigenvalue weighted by Crippen LogP contribution is -2.29. The van der Waals surface area contributed by atoms with Crippen LogP contribution in [0.15, 0.2) is 84.2 Å². The molecule has 1 aliphatic carbocycles. The molecule has 0 aromatic heterocycles. The number of nitro benzene ring substituents is 1. The molecule has 7 heteroatoms. The van der Waals surface area contributed by atoms with E-state index in [1.54, 1.807) is 49.4 Å². The number of anilines is 2. The summed E-state index contributed by atoms with van der Waals surface area (Å²) in [5.74, 6) is -0.702. The summed E-state index contributed by atoms with van der Waals surface area (Å²) in [6, 6.07) is 20.1. The van der Waals surface area contributed by atoms with E-state index in [9.17, 15) is 19.7 Å². The Balaban J connectivity index is 1.83. The predicted octanol–water partition coefficient (Wildman–Crippen LogP) is 4.72. The summed E-state index contributed by atoms with van der Waals surface area (Å²) >= 11 is 0. The van der Waals surface area contributed by atoms with Crippen molar-refractivity contribution in [1.82, 2.24) is 0 Å². The van der Waals surface area contributed by atoms with Gasteiger partial charge in [0.05, 0.1) is 4.92 Å². The zero-order valence-electron chi connectivity index (χ0n) is 16.0.